The minimum Gasteiger partial charge on any atom is -0.493 e. The summed E-state index contributed by atoms with van der Waals surface area (Å²) in [6.45, 7) is 4.24. The molecule has 0 aliphatic carbocycles. The molecule has 0 radical (unpaired) electrons. The highest BCUT2D eigenvalue weighted by Gasteiger charge is 2.27. The molecular weight excluding hydrogens is 439 g/mol. The van der Waals surface area contributed by atoms with Gasteiger partial charge in [0.1, 0.15) is 11.3 Å². The lowest BCUT2D eigenvalue weighted by Gasteiger charge is -2.36. The third kappa shape index (κ3) is 4.75. The quantitative estimate of drug-likeness (QED) is 0.684. The van der Waals surface area contributed by atoms with E-state index in [2.05, 4.69) is 15.3 Å². The van der Waals surface area contributed by atoms with Crippen LogP contribution < -0.4 is 25.4 Å². The fourth-order valence-corrected chi connectivity index (χ4v) is 4.31. The molecule has 3 N–H and O–H groups in total. The molecule has 0 bridgehead atoms. The largest absolute Gasteiger partial charge is 0.493 e. The number of nitrogen functional groups attached to an aromatic ring is 1. The van der Waals surface area contributed by atoms with Gasteiger partial charge in [0.2, 0.25) is 11.9 Å². The monoisotopic (exact) mass is 468 g/mol. The number of fused-ring (bicyclic) bond motifs is 1. The molecule has 2 aromatic rings. The van der Waals surface area contributed by atoms with Crippen molar-refractivity contribution >= 4 is 41.0 Å². The highest BCUT2D eigenvalue weighted by molar-refractivity contribution is 5.92. The van der Waals surface area contributed by atoms with Gasteiger partial charge in [-0.3, -0.25) is 4.79 Å². The molecule has 2 aliphatic heterocycles. The van der Waals surface area contributed by atoms with Crippen molar-refractivity contribution < 1.29 is 18.7 Å². The number of amides is 1. The number of anilines is 2. The number of ether oxygens (including phenoxy) is 2. The highest BCUT2D eigenvalue weighted by Crippen LogP contribution is 2.37. The van der Waals surface area contributed by atoms with Crippen LogP contribution in [-0.4, -0.2) is 74.3 Å². The topological polar surface area (TPSA) is 106 Å². The number of nitrogens with two attached hydrogens (primary N) is 1. The minimum absolute atomic E-state index is 0. The van der Waals surface area contributed by atoms with Gasteiger partial charge in [-0.05, 0) is 37.9 Å². The van der Waals surface area contributed by atoms with Crippen LogP contribution in [0.3, 0.4) is 0 Å². The van der Waals surface area contributed by atoms with Crippen LogP contribution in [0.2, 0.25) is 0 Å². The zero-order valence-electron chi connectivity index (χ0n) is 18.4. The Balaban J connectivity index is 0.00000289. The Morgan fingerprint density at radius 3 is 2.62 bits per heavy atom. The first kappa shape index (κ1) is 24.1. The van der Waals surface area contributed by atoms with Crippen LogP contribution in [-0.2, 0) is 4.79 Å². The number of hydrogen-bond donors (Lipinski definition) is 2. The summed E-state index contributed by atoms with van der Waals surface area (Å²) in [5, 5.41) is 3.73. The van der Waals surface area contributed by atoms with E-state index in [0.717, 1.165) is 25.9 Å². The van der Waals surface area contributed by atoms with Gasteiger partial charge in [0.05, 0.1) is 14.2 Å². The van der Waals surface area contributed by atoms with E-state index in [0.29, 0.717) is 49.9 Å². The molecule has 0 unspecified atom stereocenters. The first-order valence-electron chi connectivity index (χ1n) is 10.6. The second-order valence-electron chi connectivity index (χ2n) is 8.02. The third-order valence-corrected chi connectivity index (χ3v) is 6.07. The van der Waals surface area contributed by atoms with E-state index in [9.17, 15) is 4.79 Å². The van der Waals surface area contributed by atoms with Crippen LogP contribution in [0.1, 0.15) is 19.3 Å². The number of methoxy groups -OCH3 is 2. The molecule has 1 aromatic carbocycles. The summed E-state index contributed by atoms with van der Waals surface area (Å²) in [6.07, 6.45) is 2.81. The fourth-order valence-electron chi connectivity index (χ4n) is 4.31. The van der Waals surface area contributed by atoms with Crippen molar-refractivity contribution in [2.45, 2.75) is 19.3 Å². The van der Waals surface area contributed by atoms with E-state index in [-0.39, 0.29) is 41.1 Å². The molecule has 2 aliphatic rings. The molecule has 11 heteroatoms. The maximum Gasteiger partial charge on any atom is 0.228 e. The Labute approximate surface area is 192 Å². The van der Waals surface area contributed by atoms with Gasteiger partial charge < -0.3 is 30.3 Å². The Bertz CT molecular complexity index is 964. The molecule has 0 spiro atoms. The van der Waals surface area contributed by atoms with Gasteiger partial charge >= 0.3 is 0 Å². The summed E-state index contributed by atoms with van der Waals surface area (Å²) in [5.74, 6) is 0.695. The normalized spacial score (nSPS) is 18.9. The summed E-state index contributed by atoms with van der Waals surface area (Å²) in [6, 6.07) is 1.58. The van der Waals surface area contributed by atoms with E-state index in [1.807, 2.05) is 9.80 Å². The fraction of sp³-hybridized carbons (Fsp3) is 0.571. The first-order chi connectivity index (χ1) is 15.0. The molecule has 1 aromatic heterocycles. The number of aromatic nitrogens is 2. The van der Waals surface area contributed by atoms with Crippen molar-refractivity contribution in [1.82, 2.24) is 20.2 Å². The summed E-state index contributed by atoms with van der Waals surface area (Å²) in [4.78, 5) is 25.3. The molecule has 176 valence electrons. The number of nitrogens with zero attached hydrogens (tertiary/aromatic N) is 4. The van der Waals surface area contributed by atoms with Gasteiger partial charge in [-0.15, -0.1) is 12.4 Å². The molecular formula is C21H30ClFN6O3. The van der Waals surface area contributed by atoms with Gasteiger partial charge in [0.15, 0.2) is 17.3 Å². The zero-order valence-corrected chi connectivity index (χ0v) is 19.2. The molecule has 3 heterocycles. The summed E-state index contributed by atoms with van der Waals surface area (Å²) < 4.78 is 25.3. The van der Waals surface area contributed by atoms with Crippen LogP contribution in [0.4, 0.5) is 16.2 Å². The minimum atomic E-state index is -0.637. The van der Waals surface area contributed by atoms with Crippen molar-refractivity contribution in [2.75, 3.05) is 64.1 Å². The number of piperidine rings is 1. The van der Waals surface area contributed by atoms with Crippen molar-refractivity contribution in [3.8, 4) is 11.5 Å². The van der Waals surface area contributed by atoms with Gasteiger partial charge in [0.25, 0.3) is 0 Å². The second kappa shape index (κ2) is 10.4. The molecule has 2 fully saturated rings. The standard InChI is InChI=1S/C21H29FN6O3.ClH/c1-30-15-11-14-18(17(22)19(15)31-2)25-21(26-20(14)23)28-8-6-27(7-9-28)16(29)10-13-4-3-5-24-12-13;/h11,13,24H,3-10,12H2,1-2H3,(H2,23,25,26);1H/t13-;/m0./s1. The number of hydrogen-bond acceptors (Lipinski definition) is 8. The lowest BCUT2D eigenvalue weighted by atomic mass is 9.95. The number of benzene rings is 1. The van der Waals surface area contributed by atoms with Crippen LogP contribution in [0.5, 0.6) is 11.5 Å². The predicted molar refractivity (Wildman–Crippen MR) is 123 cm³/mol. The lowest BCUT2D eigenvalue weighted by Crippen LogP contribution is -2.50. The van der Waals surface area contributed by atoms with E-state index < -0.39 is 5.82 Å². The van der Waals surface area contributed by atoms with Crippen molar-refractivity contribution in [2.24, 2.45) is 5.92 Å². The number of carbonyl (C=O) groups excluding carboxylic acids is 1. The predicted octanol–water partition coefficient (Wildman–Crippen LogP) is 1.83. The average molecular weight is 469 g/mol. The molecule has 0 saturated carbocycles. The van der Waals surface area contributed by atoms with Crippen molar-refractivity contribution in [1.29, 1.82) is 0 Å². The number of halogens is 2. The zero-order chi connectivity index (χ0) is 22.0. The number of piperazine rings is 1. The Kier molecular flexibility index (Phi) is 7.78. The van der Waals surface area contributed by atoms with Crippen molar-refractivity contribution in [3.63, 3.8) is 0 Å². The Morgan fingerprint density at radius 2 is 2.00 bits per heavy atom. The smallest absolute Gasteiger partial charge is 0.228 e. The van der Waals surface area contributed by atoms with E-state index in [4.69, 9.17) is 15.2 Å². The second-order valence-corrected chi connectivity index (χ2v) is 8.02. The summed E-state index contributed by atoms with van der Waals surface area (Å²) in [7, 11) is 2.80. The maximum atomic E-state index is 15.0. The van der Waals surface area contributed by atoms with Crippen LogP contribution in [0, 0.1) is 11.7 Å². The molecule has 1 atom stereocenters. The SMILES string of the molecule is COc1cc2c(N)nc(N3CCN(C(=O)C[C@@H]4CCCNC4)CC3)nc2c(F)c1OC.Cl. The highest BCUT2D eigenvalue weighted by atomic mass is 35.5. The Hall–Kier alpha value is -2.59. The average Bonchev–Trinajstić information content (AvgIpc) is 2.80. The van der Waals surface area contributed by atoms with Gasteiger partial charge in [-0.25, -0.2) is 9.37 Å². The van der Waals surface area contributed by atoms with Crippen LogP contribution in [0.25, 0.3) is 10.9 Å². The van der Waals surface area contributed by atoms with Gasteiger partial charge in [-0.1, -0.05) is 0 Å². The number of carbonyl (C=O) groups is 1. The van der Waals surface area contributed by atoms with Crippen LogP contribution in [0.15, 0.2) is 6.07 Å². The van der Waals surface area contributed by atoms with E-state index >= 15 is 4.39 Å². The van der Waals surface area contributed by atoms with Gasteiger partial charge in [0, 0.05) is 38.0 Å². The van der Waals surface area contributed by atoms with Crippen LogP contribution >= 0.6 is 12.4 Å². The summed E-state index contributed by atoms with van der Waals surface area (Å²) >= 11 is 0. The molecule has 2 saturated heterocycles. The van der Waals surface area contributed by atoms with Crippen molar-refractivity contribution in [3.05, 3.63) is 11.9 Å². The summed E-state index contributed by atoms with van der Waals surface area (Å²) in [5.41, 5.74) is 6.20. The lowest BCUT2D eigenvalue weighted by molar-refractivity contribution is -0.132. The van der Waals surface area contributed by atoms with Gasteiger partial charge in [-0.2, -0.15) is 4.98 Å². The van der Waals surface area contributed by atoms with E-state index in [1.54, 1.807) is 6.07 Å². The number of rotatable bonds is 5. The number of nitrogens with one attached hydrogen (secondary N) is 1. The first-order valence-corrected chi connectivity index (χ1v) is 10.6. The molecule has 4 rings (SSSR count). The maximum absolute atomic E-state index is 15.0. The molecule has 1 amide bonds. The third-order valence-electron chi connectivity index (χ3n) is 6.07. The van der Waals surface area contributed by atoms with E-state index in [1.165, 1.54) is 14.2 Å². The molecule has 32 heavy (non-hydrogen) atoms. The Morgan fingerprint density at radius 1 is 1.25 bits per heavy atom. The molecule has 9 nitrogen and oxygen atoms in total.